The molecule has 0 fully saturated rings. The molecule has 19 heavy (non-hydrogen) atoms. The molecule has 0 unspecified atom stereocenters. The third kappa shape index (κ3) is 3.41. The number of aromatic nitrogens is 1. The zero-order chi connectivity index (χ0) is 13.8. The number of pyridine rings is 1. The summed E-state index contributed by atoms with van der Waals surface area (Å²) in [6.07, 6.45) is 1.66. The number of nitrogens with zero attached hydrogens (tertiary/aromatic N) is 1. The molecule has 2 rings (SSSR count). The van der Waals surface area contributed by atoms with Crippen LogP contribution in [-0.2, 0) is 0 Å². The molecule has 0 spiro atoms. The van der Waals surface area contributed by atoms with Crippen LogP contribution in [0.2, 0.25) is 0 Å². The highest BCUT2D eigenvalue weighted by Gasteiger charge is 2.07. The van der Waals surface area contributed by atoms with E-state index in [-0.39, 0.29) is 5.91 Å². The number of carbonyl (C=O) groups is 1. The van der Waals surface area contributed by atoms with Crippen LogP contribution in [0.3, 0.4) is 0 Å². The lowest BCUT2D eigenvalue weighted by Crippen LogP contribution is -2.12. The summed E-state index contributed by atoms with van der Waals surface area (Å²) in [4.78, 5) is 16.2. The molecule has 3 heteroatoms. The van der Waals surface area contributed by atoms with Crippen molar-refractivity contribution >= 4 is 11.6 Å². The average molecular weight is 254 g/mol. The van der Waals surface area contributed by atoms with Gasteiger partial charge in [-0.2, -0.15) is 0 Å². The van der Waals surface area contributed by atoms with Gasteiger partial charge in [0.1, 0.15) is 0 Å². The first-order chi connectivity index (χ1) is 9.06. The summed E-state index contributed by atoms with van der Waals surface area (Å²) >= 11 is 0. The minimum absolute atomic E-state index is 0.110. The van der Waals surface area contributed by atoms with E-state index in [9.17, 15) is 4.79 Å². The molecule has 1 aromatic carbocycles. The molecule has 1 aromatic heterocycles. The number of aryl methyl sites for hydroxylation is 1. The second kappa shape index (κ2) is 5.65. The Morgan fingerprint density at radius 3 is 2.32 bits per heavy atom. The Balaban J connectivity index is 2.09. The number of benzene rings is 1. The van der Waals surface area contributed by atoms with Gasteiger partial charge >= 0.3 is 0 Å². The predicted octanol–water partition coefficient (Wildman–Crippen LogP) is 3.77. The van der Waals surface area contributed by atoms with Crippen molar-refractivity contribution < 1.29 is 4.79 Å². The summed E-state index contributed by atoms with van der Waals surface area (Å²) in [5.74, 6) is 0.361. The van der Waals surface area contributed by atoms with Gasteiger partial charge in [0.15, 0.2) is 0 Å². The first-order valence-corrected chi connectivity index (χ1v) is 6.40. The molecule has 1 heterocycles. The van der Waals surface area contributed by atoms with Gasteiger partial charge < -0.3 is 5.32 Å². The van der Waals surface area contributed by atoms with Crippen molar-refractivity contribution in [1.29, 1.82) is 0 Å². The molecule has 0 saturated heterocycles. The van der Waals surface area contributed by atoms with Gasteiger partial charge in [0.25, 0.3) is 5.91 Å². The first kappa shape index (κ1) is 13.3. The summed E-state index contributed by atoms with van der Waals surface area (Å²) in [6, 6.07) is 11.4. The third-order valence-electron chi connectivity index (χ3n) is 3.01. The van der Waals surface area contributed by atoms with E-state index in [1.54, 1.807) is 6.20 Å². The van der Waals surface area contributed by atoms with Crippen LogP contribution in [0.5, 0.6) is 0 Å². The summed E-state index contributed by atoms with van der Waals surface area (Å²) in [6.45, 7) is 6.18. The molecule has 0 bridgehead atoms. The predicted molar refractivity (Wildman–Crippen MR) is 77.5 cm³/mol. The van der Waals surface area contributed by atoms with Crippen molar-refractivity contribution in [3.05, 3.63) is 59.4 Å². The van der Waals surface area contributed by atoms with Crippen LogP contribution in [-0.4, -0.2) is 10.9 Å². The molecule has 98 valence electrons. The first-order valence-electron chi connectivity index (χ1n) is 6.40. The highest BCUT2D eigenvalue weighted by Crippen LogP contribution is 2.15. The average Bonchev–Trinajstić information content (AvgIpc) is 2.41. The van der Waals surface area contributed by atoms with Crippen molar-refractivity contribution in [1.82, 2.24) is 4.98 Å². The van der Waals surface area contributed by atoms with E-state index in [1.165, 1.54) is 5.56 Å². The normalized spacial score (nSPS) is 10.5. The number of carbonyl (C=O) groups excluding carboxylic acids is 1. The van der Waals surface area contributed by atoms with E-state index in [0.29, 0.717) is 17.2 Å². The van der Waals surface area contributed by atoms with E-state index in [4.69, 9.17) is 0 Å². The second-order valence-electron chi connectivity index (χ2n) is 4.92. The molecular weight excluding hydrogens is 236 g/mol. The Labute approximate surface area is 113 Å². The van der Waals surface area contributed by atoms with Gasteiger partial charge in [-0.3, -0.25) is 9.78 Å². The molecule has 0 aliphatic heterocycles. The zero-order valence-corrected chi connectivity index (χ0v) is 11.5. The summed E-state index contributed by atoms with van der Waals surface area (Å²) in [5.41, 5.74) is 3.53. The van der Waals surface area contributed by atoms with Crippen molar-refractivity contribution in [2.75, 3.05) is 5.32 Å². The van der Waals surface area contributed by atoms with Gasteiger partial charge in [-0.15, -0.1) is 0 Å². The van der Waals surface area contributed by atoms with Crippen molar-refractivity contribution in [3.63, 3.8) is 0 Å². The molecule has 0 aliphatic rings. The molecule has 2 aromatic rings. The van der Waals surface area contributed by atoms with E-state index in [0.717, 1.165) is 5.69 Å². The Bertz CT molecular complexity index is 556. The Kier molecular flexibility index (Phi) is 3.95. The largest absolute Gasteiger partial charge is 0.321 e. The lowest BCUT2D eigenvalue weighted by molar-refractivity contribution is 0.102. The molecule has 3 nitrogen and oxygen atoms in total. The van der Waals surface area contributed by atoms with Crippen LogP contribution in [0.1, 0.15) is 41.4 Å². The van der Waals surface area contributed by atoms with Crippen LogP contribution < -0.4 is 5.32 Å². The lowest BCUT2D eigenvalue weighted by atomic mass is 10.0. The molecule has 0 atom stereocenters. The Morgan fingerprint density at radius 1 is 1.11 bits per heavy atom. The minimum Gasteiger partial charge on any atom is -0.321 e. The fourth-order valence-corrected chi connectivity index (χ4v) is 1.76. The Morgan fingerprint density at radius 2 is 1.79 bits per heavy atom. The highest BCUT2D eigenvalue weighted by molar-refractivity contribution is 6.04. The number of hydrogen-bond acceptors (Lipinski definition) is 2. The fourth-order valence-electron chi connectivity index (χ4n) is 1.76. The van der Waals surface area contributed by atoms with Gasteiger partial charge in [0, 0.05) is 11.3 Å². The molecule has 1 N–H and O–H groups in total. The van der Waals surface area contributed by atoms with Crippen molar-refractivity contribution in [2.45, 2.75) is 26.7 Å². The SMILES string of the molecule is Cc1ccc(NC(=O)c2ccc(C(C)C)cc2)cn1. The minimum atomic E-state index is -0.110. The van der Waals surface area contributed by atoms with Crippen LogP contribution in [0.15, 0.2) is 42.6 Å². The maximum Gasteiger partial charge on any atom is 0.255 e. The molecule has 0 radical (unpaired) electrons. The van der Waals surface area contributed by atoms with Crippen molar-refractivity contribution in [3.8, 4) is 0 Å². The second-order valence-corrected chi connectivity index (χ2v) is 4.92. The third-order valence-corrected chi connectivity index (χ3v) is 3.01. The maximum atomic E-state index is 12.0. The smallest absolute Gasteiger partial charge is 0.255 e. The van der Waals surface area contributed by atoms with Gasteiger partial charge in [-0.25, -0.2) is 0 Å². The molecule has 0 aliphatic carbocycles. The fraction of sp³-hybridized carbons (Fsp3) is 0.250. The molecule has 0 saturated carbocycles. The monoisotopic (exact) mass is 254 g/mol. The summed E-state index contributed by atoms with van der Waals surface area (Å²) < 4.78 is 0. The maximum absolute atomic E-state index is 12.0. The highest BCUT2D eigenvalue weighted by atomic mass is 16.1. The van der Waals surface area contributed by atoms with E-state index in [1.807, 2.05) is 43.3 Å². The van der Waals surface area contributed by atoms with Crippen LogP contribution >= 0.6 is 0 Å². The van der Waals surface area contributed by atoms with Crippen molar-refractivity contribution in [2.24, 2.45) is 0 Å². The van der Waals surface area contributed by atoms with Crippen LogP contribution in [0.25, 0.3) is 0 Å². The van der Waals surface area contributed by atoms with Gasteiger partial charge in [0.2, 0.25) is 0 Å². The number of nitrogens with one attached hydrogen (secondary N) is 1. The molecule has 1 amide bonds. The lowest BCUT2D eigenvalue weighted by Gasteiger charge is -2.08. The van der Waals surface area contributed by atoms with Gasteiger partial charge in [-0.05, 0) is 42.7 Å². The molecular formula is C16H18N2O. The topological polar surface area (TPSA) is 42.0 Å². The number of anilines is 1. The van der Waals surface area contributed by atoms with E-state index >= 15 is 0 Å². The van der Waals surface area contributed by atoms with Crippen LogP contribution in [0.4, 0.5) is 5.69 Å². The van der Waals surface area contributed by atoms with E-state index < -0.39 is 0 Å². The van der Waals surface area contributed by atoms with E-state index in [2.05, 4.69) is 24.1 Å². The summed E-state index contributed by atoms with van der Waals surface area (Å²) in [7, 11) is 0. The van der Waals surface area contributed by atoms with Gasteiger partial charge in [0.05, 0.1) is 11.9 Å². The number of amides is 1. The zero-order valence-electron chi connectivity index (χ0n) is 11.5. The quantitative estimate of drug-likeness (QED) is 0.906. The van der Waals surface area contributed by atoms with Gasteiger partial charge in [-0.1, -0.05) is 26.0 Å². The summed E-state index contributed by atoms with van der Waals surface area (Å²) in [5, 5.41) is 2.83. The number of rotatable bonds is 3. The number of hydrogen-bond donors (Lipinski definition) is 1. The van der Waals surface area contributed by atoms with Crippen LogP contribution in [0, 0.1) is 6.92 Å². The standard InChI is InChI=1S/C16H18N2O/c1-11(2)13-5-7-14(8-6-13)16(19)18-15-9-4-12(3)17-10-15/h4-11H,1-3H3,(H,18,19). The Hall–Kier alpha value is -2.16.